The summed E-state index contributed by atoms with van der Waals surface area (Å²) in [6, 6.07) is 0. The molecule has 0 atom stereocenters. The fourth-order valence-electron chi connectivity index (χ4n) is 5.42. The summed E-state index contributed by atoms with van der Waals surface area (Å²) in [6.07, 6.45) is 42.5. The van der Waals surface area contributed by atoms with Crippen LogP contribution in [0, 0.1) is 0 Å². The van der Waals surface area contributed by atoms with Gasteiger partial charge in [-0.3, -0.25) is 9.59 Å². The number of ether oxygens (including phenoxy) is 1. The Kier molecular flexibility index (Phi) is 32.6. The minimum absolute atomic E-state index is 0.0852. The zero-order valence-corrected chi connectivity index (χ0v) is 28.1. The number of allylic oxidation sites excluding steroid dienone is 3. The minimum Gasteiger partial charge on any atom is -0.481 e. The molecule has 1 N–H and O–H groups in total. The zero-order valence-electron chi connectivity index (χ0n) is 28.1. The summed E-state index contributed by atoms with van der Waals surface area (Å²) in [4.78, 5) is 22.9. The quantitative estimate of drug-likeness (QED) is 0.0357. The molecule has 0 saturated carbocycles. The Morgan fingerprint density at radius 3 is 1.24 bits per heavy atom. The van der Waals surface area contributed by atoms with Gasteiger partial charge in [0.05, 0.1) is 12.8 Å². The number of carboxylic acid groups (broad SMARTS) is 1. The van der Waals surface area contributed by atoms with Crippen molar-refractivity contribution < 1.29 is 19.4 Å². The van der Waals surface area contributed by atoms with Gasteiger partial charge < -0.3 is 9.84 Å². The van der Waals surface area contributed by atoms with Crippen LogP contribution in [0.4, 0.5) is 0 Å². The van der Waals surface area contributed by atoms with E-state index in [9.17, 15) is 9.59 Å². The maximum absolute atomic E-state index is 12.1. The van der Waals surface area contributed by atoms with Gasteiger partial charge in [0.25, 0.3) is 0 Å². The van der Waals surface area contributed by atoms with Crippen molar-refractivity contribution in [1.29, 1.82) is 0 Å². The molecule has 0 aromatic carbocycles. The van der Waals surface area contributed by atoms with Crippen LogP contribution >= 0.6 is 0 Å². The molecule has 0 fully saturated rings. The molecule has 4 heteroatoms. The van der Waals surface area contributed by atoms with E-state index >= 15 is 0 Å². The topological polar surface area (TPSA) is 63.6 Å². The lowest BCUT2D eigenvalue weighted by molar-refractivity contribution is -0.144. The van der Waals surface area contributed by atoms with Gasteiger partial charge in [-0.25, -0.2) is 0 Å². The summed E-state index contributed by atoms with van der Waals surface area (Å²) in [5.41, 5.74) is 0. The molecule has 0 aromatic heterocycles. The third-order valence-electron chi connectivity index (χ3n) is 8.18. The first kappa shape index (κ1) is 40.4. The lowest BCUT2D eigenvalue weighted by Crippen LogP contribution is -2.06. The molecular formula is C38H70O4. The second-order valence-corrected chi connectivity index (χ2v) is 12.4. The second kappa shape index (κ2) is 33.9. The maximum atomic E-state index is 12.1. The number of hydrogen-bond donors (Lipinski definition) is 1. The highest BCUT2D eigenvalue weighted by atomic mass is 16.5. The number of carboxylic acids is 1. The third kappa shape index (κ3) is 32.9. The molecule has 0 saturated heterocycles. The second-order valence-electron chi connectivity index (χ2n) is 12.4. The smallest absolute Gasteiger partial charge is 0.311 e. The van der Waals surface area contributed by atoms with E-state index in [1.165, 1.54) is 154 Å². The van der Waals surface area contributed by atoms with Gasteiger partial charge >= 0.3 is 11.9 Å². The van der Waals surface area contributed by atoms with E-state index in [4.69, 9.17) is 9.84 Å². The van der Waals surface area contributed by atoms with E-state index in [0.29, 0.717) is 5.76 Å². The van der Waals surface area contributed by atoms with Crippen molar-refractivity contribution >= 4 is 11.9 Å². The third-order valence-corrected chi connectivity index (χ3v) is 8.18. The van der Waals surface area contributed by atoms with Crippen LogP contribution in [0.25, 0.3) is 0 Å². The van der Waals surface area contributed by atoms with E-state index in [1.54, 1.807) is 0 Å². The van der Waals surface area contributed by atoms with Crippen LogP contribution in [0.1, 0.15) is 206 Å². The molecular weight excluding hydrogens is 520 g/mol. The number of unbranched alkanes of at least 4 members (excludes halogenated alkanes) is 26. The molecule has 4 nitrogen and oxygen atoms in total. The van der Waals surface area contributed by atoms with Gasteiger partial charge in [0.1, 0.15) is 5.76 Å². The Bertz CT molecular complexity index is 651. The Morgan fingerprint density at radius 2 is 0.857 bits per heavy atom. The van der Waals surface area contributed by atoms with Crippen LogP contribution in [0.15, 0.2) is 24.0 Å². The Hall–Kier alpha value is -1.58. The zero-order chi connectivity index (χ0) is 30.8. The maximum Gasteiger partial charge on any atom is 0.311 e. The normalized spacial score (nSPS) is 11.9. The summed E-state index contributed by atoms with van der Waals surface area (Å²) in [5, 5.41) is 8.86. The number of hydrogen-bond acceptors (Lipinski definition) is 3. The van der Waals surface area contributed by atoms with Gasteiger partial charge in [-0.15, -0.1) is 0 Å². The molecule has 0 aliphatic carbocycles. The monoisotopic (exact) mass is 591 g/mol. The number of esters is 1. The summed E-state index contributed by atoms with van der Waals surface area (Å²) >= 11 is 0. The SMILES string of the molecule is CCCCCCCCCCCCCCC=CC(=CCCCCCCCCCCCCCCCC)OC(=O)CCC(=O)O. The van der Waals surface area contributed by atoms with Crippen LogP contribution in [-0.4, -0.2) is 17.0 Å². The molecule has 0 aliphatic heterocycles. The molecule has 0 amide bonds. The van der Waals surface area contributed by atoms with Crippen molar-refractivity contribution in [2.75, 3.05) is 0 Å². The fraction of sp³-hybridized carbons (Fsp3) is 0.842. The Balaban J connectivity index is 4.02. The van der Waals surface area contributed by atoms with Gasteiger partial charge in [-0.05, 0) is 37.8 Å². The molecule has 0 aromatic rings. The molecule has 0 heterocycles. The van der Waals surface area contributed by atoms with E-state index in [2.05, 4.69) is 19.9 Å². The van der Waals surface area contributed by atoms with Crippen LogP contribution < -0.4 is 0 Å². The highest BCUT2D eigenvalue weighted by molar-refractivity contribution is 5.77. The first-order valence-corrected chi connectivity index (χ1v) is 18.4. The number of rotatable bonds is 33. The van der Waals surface area contributed by atoms with Gasteiger partial charge in [0, 0.05) is 0 Å². The van der Waals surface area contributed by atoms with Crippen LogP contribution in [0.2, 0.25) is 0 Å². The average Bonchev–Trinajstić information content (AvgIpc) is 2.98. The molecule has 0 aliphatic rings. The van der Waals surface area contributed by atoms with Gasteiger partial charge in [-0.2, -0.15) is 0 Å². The molecule has 246 valence electrons. The van der Waals surface area contributed by atoms with Gasteiger partial charge in [0.15, 0.2) is 0 Å². The molecule has 42 heavy (non-hydrogen) atoms. The highest BCUT2D eigenvalue weighted by Gasteiger charge is 2.08. The number of carbonyl (C=O) groups is 2. The Morgan fingerprint density at radius 1 is 0.500 bits per heavy atom. The van der Waals surface area contributed by atoms with Crippen molar-refractivity contribution in [1.82, 2.24) is 0 Å². The van der Waals surface area contributed by atoms with E-state index in [1.807, 2.05) is 12.2 Å². The summed E-state index contributed by atoms with van der Waals surface area (Å²) in [6.45, 7) is 4.55. The van der Waals surface area contributed by atoms with Gasteiger partial charge in [-0.1, -0.05) is 174 Å². The van der Waals surface area contributed by atoms with E-state index in [-0.39, 0.29) is 12.8 Å². The van der Waals surface area contributed by atoms with Crippen molar-refractivity contribution in [3.63, 3.8) is 0 Å². The lowest BCUT2D eigenvalue weighted by atomic mass is 10.0. The highest BCUT2D eigenvalue weighted by Crippen LogP contribution is 2.16. The number of aliphatic carboxylic acids is 1. The minimum atomic E-state index is -0.970. The molecule has 0 unspecified atom stereocenters. The first-order valence-electron chi connectivity index (χ1n) is 18.4. The summed E-state index contributed by atoms with van der Waals surface area (Å²) < 4.78 is 5.51. The molecule has 0 spiro atoms. The van der Waals surface area contributed by atoms with Gasteiger partial charge in [0.2, 0.25) is 0 Å². The summed E-state index contributed by atoms with van der Waals surface area (Å²) in [7, 11) is 0. The van der Waals surface area contributed by atoms with Crippen LogP contribution in [0.3, 0.4) is 0 Å². The average molecular weight is 591 g/mol. The van der Waals surface area contributed by atoms with Crippen molar-refractivity contribution in [2.45, 2.75) is 206 Å². The van der Waals surface area contributed by atoms with Crippen molar-refractivity contribution in [3.8, 4) is 0 Å². The Labute approximate surface area is 261 Å². The van der Waals surface area contributed by atoms with E-state index in [0.717, 1.165) is 25.7 Å². The standard InChI is InChI=1S/C38H70O4/c1-3-5-7-9-11-13-15-17-19-21-23-25-27-29-31-33-36(42-38(41)35-34-37(39)40)32-30-28-26-24-22-20-18-16-14-12-10-8-6-4-2/h30,32-33H,3-29,31,34-35H2,1-2H3,(H,39,40). The summed E-state index contributed by atoms with van der Waals surface area (Å²) in [5.74, 6) is -0.846. The largest absolute Gasteiger partial charge is 0.481 e. The molecule has 0 radical (unpaired) electrons. The fourth-order valence-corrected chi connectivity index (χ4v) is 5.42. The molecule has 0 bridgehead atoms. The van der Waals surface area contributed by atoms with E-state index < -0.39 is 11.9 Å². The van der Waals surface area contributed by atoms with Crippen molar-refractivity contribution in [2.24, 2.45) is 0 Å². The van der Waals surface area contributed by atoms with Crippen molar-refractivity contribution in [3.05, 3.63) is 24.0 Å². The number of carbonyl (C=O) groups excluding carboxylic acids is 1. The van der Waals surface area contributed by atoms with Crippen LogP contribution in [-0.2, 0) is 14.3 Å². The van der Waals surface area contributed by atoms with Crippen LogP contribution in [0.5, 0.6) is 0 Å². The first-order chi connectivity index (χ1) is 20.6. The molecule has 0 rings (SSSR count). The predicted octanol–water partition coefficient (Wildman–Crippen LogP) is 12.8. The predicted molar refractivity (Wildman–Crippen MR) is 181 cm³/mol. The lowest BCUT2D eigenvalue weighted by Gasteiger charge is -2.06.